The number of para-hydroxylation sites is 2. The van der Waals surface area contributed by atoms with Crippen LogP contribution in [0.1, 0.15) is 35.5 Å². The van der Waals surface area contributed by atoms with E-state index in [1.807, 2.05) is 67.6 Å². The van der Waals surface area contributed by atoms with Crippen LogP contribution in [-0.4, -0.2) is 12.9 Å². The number of allylic oxidation sites excluding steroid dienone is 1. The second-order valence-corrected chi connectivity index (χ2v) is 7.89. The standard InChI is InChI=1S/C25H24N2O3/c1-15-7-12-23(30-15)25-24-21(26-19-5-3-4-6-20(19)27-25)13-17(14-22(24)28)16-8-10-18(29-2)11-9-16/h3-13,17,24-27H,14H2,1-2H3. The van der Waals surface area contributed by atoms with Gasteiger partial charge in [0, 0.05) is 18.0 Å². The van der Waals surface area contributed by atoms with Crippen LogP contribution in [0.3, 0.4) is 0 Å². The maximum absolute atomic E-state index is 13.4. The normalized spacial score (nSPS) is 22.7. The van der Waals surface area contributed by atoms with Gasteiger partial charge in [-0.05, 0) is 48.9 Å². The van der Waals surface area contributed by atoms with Crippen LogP contribution in [0.5, 0.6) is 5.75 Å². The molecule has 1 aliphatic carbocycles. The van der Waals surface area contributed by atoms with Gasteiger partial charge in [0.05, 0.1) is 30.4 Å². The number of anilines is 2. The molecule has 30 heavy (non-hydrogen) atoms. The minimum Gasteiger partial charge on any atom is -0.497 e. The molecule has 3 atom stereocenters. The molecule has 0 saturated heterocycles. The number of ether oxygens (including phenoxy) is 1. The molecule has 3 unspecified atom stereocenters. The molecule has 3 aromatic rings. The van der Waals surface area contributed by atoms with E-state index in [1.54, 1.807) is 7.11 Å². The van der Waals surface area contributed by atoms with Crippen molar-refractivity contribution in [2.75, 3.05) is 17.7 Å². The average molecular weight is 400 g/mol. The Morgan fingerprint density at radius 3 is 2.47 bits per heavy atom. The summed E-state index contributed by atoms with van der Waals surface area (Å²) in [6, 6.07) is 19.6. The number of nitrogens with one attached hydrogen (secondary N) is 2. The summed E-state index contributed by atoms with van der Waals surface area (Å²) in [6.45, 7) is 1.92. The number of methoxy groups -OCH3 is 1. The molecular formula is C25H24N2O3. The third-order valence-electron chi connectivity index (χ3n) is 5.95. The Morgan fingerprint density at radius 2 is 1.77 bits per heavy atom. The van der Waals surface area contributed by atoms with Crippen molar-refractivity contribution in [2.45, 2.75) is 25.3 Å². The van der Waals surface area contributed by atoms with E-state index in [2.05, 4.69) is 16.7 Å². The van der Waals surface area contributed by atoms with Gasteiger partial charge in [0.25, 0.3) is 0 Å². The molecule has 0 fully saturated rings. The van der Waals surface area contributed by atoms with Crippen LogP contribution in [-0.2, 0) is 4.79 Å². The van der Waals surface area contributed by atoms with Crippen LogP contribution in [0, 0.1) is 12.8 Å². The van der Waals surface area contributed by atoms with Crippen molar-refractivity contribution < 1.29 is 13.9 Å². The van der Waals surface area contributed by atoms with E-state index >= 15 is 0 Å². The monoisotopic (exact) mass is 400 g/mol. The van der Waals surface area contributed by atoms with Crippen molar-refractivity contribution in [2.24, 2.45) is 5.92 Å². The number of furan rings is 1. The first kappa shape index (κ1) is 18.6. The molecule has 1 aliphatic heterocycles. The summed E-state index contributed by atoms with van der Waals surface area (Å²) in [5, 5.41) is 7.09. The predicted molar refractivity (Wildman–Crippen MR) is 117 cm³/mol. The third kappa shape index (κ3) is 3.26. The number of carbonyl (C=O) groups excluding carboxylic acids is 1. The van der Waals surface area contributed by atoms with Gasteiger partial charge in [-0.2, -0.15) is 0 Å². The number of Topliss-reactive ketones (excluding diaryl/α,β-unsaturated/α-hetero) is 1. The first-order valence-electron chi connectivity index (χ1n) is 10.2. The van der Waals surface area contributed by atoms with Gasteiger partial charge < -0.3 is 19.8 Å². The van der Waals surface area contributed by atoms with E-state index in [0.29, 0.717) is 6.42 Å². The lowest BCUT2D eigenvalue weighted by molar-refractivity contribution is -0.123. The zero-order valence-corrected chi connectivity index (χ0v) is 17.0. The first-order chi connectivity index (χ1) is 14.6. The zero-order chi connectivity index (χ0) is 20.7. The second kappa shape index (κ2) is 7.41. The van der Waals surface area contributed by atoms with Crippen LogP contribution < -0.4 is 15.4 Å². The van der Waals surface area contributed by atoms with Gasteiger partial charge in [0.15, 0.2) is 0 Å². The van der Waals surface area contributed by atoms with E-state index in [0.717, 1.165) is 39.9 Å². The van der Waals surface area contributed by atoms with E-state index in [4.69, 9.17) is 9.15 Å². The van der Waals surface area contributed by atoms with E-state index in [-0.39, 0.29) is 23.7 Å². The SMILES string of the molecule is COc1ccc(C2C=C3Nc4ccccc4NC(c4ccc(C)o4)C3C(=O)C2)cc1. The van der Waals surface area contributed by atoms with Crippen molar-refractivity contribution in [3.05, 3.63) is 89.5 Å². The molecule has 1 aromatic heterocycles. The Morgan fingerprint density at radius 1 is 1.00 bits per heavy atom. The van der Waals surface area contributed by atoms with Gasteiger partial charge >= 0.3 is 0 Å². The molecule has 152 valence electrons. The van der Waals surface area contributed by atoms with Crippen molar-refractivity contribution in [3.8, 4) is 5.75 Å². The van der Waals surface area contributed by atoms with E-state index in [1.165, 1.54) is 0 Å². The summed E-state index contributed by atoms with van der Waals surface area (Å²) < 4.78 is 11.2. The van der Waals surface area contributed by atoms with Crippen LogP contribution >= 0.6 is 0 Å². The maximum atomic E-state index is 13.4. The van der Waals surface area contributed by atoms with Gasteiger partial charge in [-0.15, -0.1) is 0 Å². The highest BCUT2D eigenvalue weighted by Crippen LogP contribution is 2.44. The molecule has 2 aliphatic rings. The molecule has 0 spiro atoms. The molecule has 2 aromatic carbocycles. The Kier molecular flexibility index (Phi) is 4.58. The smallest absolute Gasteiger partial charge is 0.145 e. The lowest BCUT2D eigenvalue weighted by Gasteiger charge is -2.31. The molecule has 2 N–H and O–H groups in total. The predicted octanol–water partition coefficient (Wildman–Crippen LogP) is 5.43. The molecule has 0 radical (unpaired) electrons. The summed E-state index contributed by atoms with van der Waals surface area (Å²) in [5.41, 5.74) is 3.94. The number of ketones is 1. The topological polar surface area (TPSA) is 63.5 Å². The Balaban J connectivity index is 1.58. The van der Waals surface area contributed by atoms with E-state index < -0.39 is 0 Å². The van der Waals surface area contributed by atoms with Crippen molar-refractivity contribution in [1.82, 2.24) is 0 Å². The summed E-state index contributed by atoms with van der Waals surface area (Å²) >= 11 is 0. The number of carbonyl (C=O) groups is 1. The van der Waals surface area contributed by atoms with Crippen LogP contribution in [0.25, 0.3) is 0 Å². The van der Waals surface area contributed by atoms with Gasteiger partial charge in [-0.1, -0.05) is 30.3 Å². The molecule has 2 heterocycles. The molecule has 0 amide bonds. The van der Waals surface area contributed by atoms with Gasteiger partial charge in [-0.25, -0.2) is 0 Å². The van der Waals surface area contributed by atoms with Crippen molar-refractivity contribution in [1.29, 1.82) is 0 Å². The first-order valence-corrected chi connectivity index (χ1v) is 10.2. The lowest BCUT2D eigenvalue weighted by atomic mass is 9.77. The Bertz CT molecular complexity index is 1110. The summed E-state index contributed by atoms with van der Waals surface area (Å²) in [4.78, 5) is 13.4. The highest BCUT2D eigenvalue weighted by Gasteiger charge is 2.41. The Hall–Kier alpha value is -3.47. The fourth-order valence-corrected chi connectivity index (χ4v) is 4.43. The number of aryl methyl sites for hydroxylation is 1. The number of benzene rings is 2. The van der Waals surface area contributed by atoms with Crippen LogP contribution in [0.15, 0.2) is 76.9 Å². The third-order valence-corrected chi connectivity index (χ3v) is 5.95. The van der Waals surface area contributed by atoms with Crippen molar-refractivity contribution in [3.63, 3.8) is 0 Å². The molecular weight excluding hydrogens is 376 g/mol. The quantitative estimate of drug-likeness (QED) is 0.614. The van der Waals surface area contributed by atoms with Gasteiger partial charge in [-0.3, -0.25) is 4.79 Å². The lowest BCUT2D eigenvalue weighted by Crippen LogP contribution is -2.33. The second-order valence-electron chi connectivity index (χ2n) is 7.89. The fraction of sp³-hybridized carbons (Fsp3) is 0.240. The summed E-state index contributed by atoms with van der Waals surface area (Å²) in [5.74, 6) is 2.30. The minimum atomic E-state index is -0.336. The van der Waals surface area contributed by atoms with Gasteiger partial charge in [0.2, 0.25) is 0 Å². The summed E-state index contributed by atoms with van der Waals surface area (Å²) in [6.07, 6.45) is 2.65. The molecule has 5 nitrogen and oxygen atoms in total. The summed E-state index contributed by atoms with van der Waals surface area (Å²) in [7, 11) is 1.65. The van der Waals surface area contributed by atoms with E-state index in [9.17, 15) is 4.79 Å². The number of rotatable bonds is 3. The largest absolute Gasteiger partial charge is 0.497 e. The zero-order valence-electron chi connectivity index (χ0n) is 17.0. The molecule has 0 saturated carbocycles. The highest BCUT2D eigenvalue weighted by molar-refractivity contribution is 5.90. The maximum Gasteiger partial charge on any atom is 0.145 e. The van der Waals surface area contributed by atoms with Crippen LogP contribution in [0.4, 0.5) is 11.4 Å². The number of hydrogen-bond acceptors (Lipinski definition) is 5. The number of hydrogen-bond donors (Lipinski definition) is 2. The highest BCUT2D eigenvalue weighted by atomic mass is 16.5. The van der Waals surface area contributed by atoms with Crippen molar-refractivity contribution >= 4 is 17.2 Å². The molecule has 5 rings (SSSR count). The average Bonchev–Trinajstić information content (AvgIpc) is 3.11. The van der Waals surface area contributed by atoms with Gasteiger partial charge in [0.1, 0.15) is 23.1 Å². The number of fused-ring (bicyclic) bond motifs is 2. The van der Waals surface area contributed by atoms with Crippen LogP contribution in [0.2, 0.25) is 0 Å². The fourth-order valence-electron chi connectivity index (χ4n) is 4.43. The molecule has 5 heteroatoms. The minimum absolute atomic E-state index is 0.0198. The Labute approximate surface area is 175 Å². The molecule has 0 bridgehead atoms.